The lowest BCUT2D eigenvalue weighted by Gasteiger charge is -2.23. The fourth-order valence-electron chi connectivity index (χ4n) is 2.31. The number of alkyl carbamates (subject to hydrolysis) is 1. The van der Waals surface area contributed by atoms with E-state index in [0.29, 0.717) is 16.4 Å². The second kappa shape index (κ2) is 7.78. The van der Waals surface area contributed by atoms with E-state index in [1.165, 1.54) is 0 Å². The minimum atomic E-state index is -0.947. The summed E-state index contributed by atoms with van der Waals surface area (Å²) < 4.78 is 6.82. The molecule has 2 rings (SSSR count). The summed E-state index contributed by atoms with van der Waals surface area (Å²) in [5.41, 5.74) is 0.673. The van der Waals surface area contributed by atoms with Crippen molar-refractivity contribution in [3.8, 4) is 0 Å². The van der Waals surface area contributed by atoms with Crippen LogP contribution in [0.5, 0.6) is 0 Å². The van der Waals surface area contributed by atoms with Crippen LogP contribution in [0.4, 0.5) is 10.6 Å². The zero-order valence-corrected chi connectivity index (χ0v) is 16.2. The summed E-state index contributed by atoms with van der Waals surface area (Å²) in [7, 11) is 1.72. The zero-order valence-electron chi connectivity index (χ0n) is 15.5. The van der Waals surface area contributed by atoms with Gasteiger partial charge in [0.05, 0.1) is 5.69 Å². The van der Waals surface area contributed by atoms with E-state index in [1.807, 2.05) is 6.92 Å². The van der Waals surface area contributed by atoms with Crippen molar-refractivity contribution in [3.05, 3.63) is 46.6 Å². The zero-order chi connectivity index (χ0) is 19.5. The van der Waals surface area contributed by atoms with Crippen LogP contribution < -0.4 is 10.6 Å². The molecule has 0 aliphatic rings. The van der Waals surface area contributed by atoms with Crippen LogP contribution in [0.25, 0.3) is 0 Å². The fraction of sp³-hybridized carbons (Fsp3) is 0.389. The molecule has 0 bridgehead atoms. The van der Waals surface area contributed by atoms with Crippen molar-refractivity contribution in [2.45, 2.75) is 39.3 Å². The van der Waals surface area contributed by atoms with Crippen molar-refractivity contribution in [3.63, 3.8) is 0 Å². The first kappa shape index (κ1) is 19.8. The Labute approximate surface area is 157 Å². The van der Waals surface area contributed by atoms with Crippen LogP contribution in [0.15, 0.2) is 30.3 Å². The lowest BCUT2D eigenvalue weighted by molar-refractivity contribution is -0.118. The molecular weight excluding hydrogens is 356 g/mol. The van der Waals surface area contributed by atoms with Crippen LogP contribution in [0.3, 0.4) is 0 Å². The number of anilines is 1. The van der Waals surface area contributed by atoms with E-state index in [1.54, 1.807) is 62.8 Å². The van der Waals surface area contributed by atoms with Gasteiger partial charge in [-0.25, -0.2) is 4.79 Å². The van der Waals surface area contributed by atoms with Crippen molar-refractivity contribution >= 4 is 29.4 Å². The molecule has 7 nitrogen and oxygen atoms in total. The summed E-state index contributed by atoms with van der Waals surface area (Å²) in [5, 5.41) is 10.1. The number of carbonyl (C=O) groups excluding carboxylic acids is 2. The fourth-order valence-corrected chi connectivity index (χ4v) is 2.43. The van der Waals surface area contributed by atoms with E-state index in [4.69, 9.17) is 16.3 Å². The molecule has 0 spiro atoms. The molecule has 2 aromatic rings. The summed E-state index contributed by atoms with van der Waals surface area (Å²) in [4.78, 5) is 25.0. The molecule has 0 fully saturated rings. The molecule has 0 saturated carbocycles. The Bertz CT molecular complexity index is 794. The number of aromatic nitrogens is 2. The predicted octanol–water partition coefficient (Wildman–Crippen LogP) is 3.59. The van der Waals surface area contributed by atoms with Crippen LogP contribution in [-0.4, -0.2) is 27.4 Å². The molecule has 2 amide bonds. The van der Waals surface area contributed by atoms with Crippen molar-refractivity contribution in [2.24, 2.45) is 7.05 Å². The number of aryl methyl sites for hydroxylation is 2. The highest BCUT2D eigenvalue weighted by molar-refractivity contribution is 6.30. The summed E-state index contributed by atoms with van der Waals surface area (Å²) >= 11 is 5.92. The molecule has 1 heterocycles. The Balaban J connectivity index is 2.24. The van der Waals surface area contributed by atoms with E-state index in [-0.39, 0.29) is 0 Å². The van der Waals surface area contributed by atoms with Gasteiger partial charge >= 0.3 is 6.09 Å². The molecule has 140 valence electrons. The third-order valence-corrected chi connectivity index (χ3v) is 3.63. The van der Waals surface area contributed by atoms with Gasteiger partial charge in [-0.2, -0.15) is 5.10 Å². The average Bonchev–Trinajstić information content (AvgIpc) is 2.81. The van der Waals surface area contributed by atoms with Gasteiger partial charge in [-0.05, 0) is 45.4 Å². The summed E-state index contributed by atoms with van der Waals surface area (Å²) in [5.74, 6) is 0.110. The van der Waals surface area contributed by atoms with Crippen LogP contribution >= 0.6 is 11.6 Å². The minimum Gasteiger partial charge on any atom is -0.444 e. The number of hydrogen-bond acceptors (Lipinski definition) is 4. The summed E-state index contributed by atoms with van der Waals surface area (Å²) in [6.45, 7) is 7.08. The number of benzene rings is 1. The van der Waals surface area contributed by atoms with Crippen LogP contribution in [0.1, 0.15) is 38.1 Å². The third kappa shape index (κ3) is 5.49. The quantitative estimate of drug-likeness (QED) is 0.851. The molecule has 0 aliphatic carbocycles. The largest absolute Gasteiger partial charge is 0.444 e. The summed E-state index contributed by atoms with van der Waals surface area (Å²) in [6, 6.07) is 7.46. The number of hydrogen-bond donors (Lipinski definition) is 2. The lowest BCUT2D eigenvalue weighted by Crippen LogP contribution is -2.40. The maximum atomic E-state index is 12.8. The number of nitrogens with zero attached hydrogens (tertiary/aromatic N) is 2. The van der Waals surface area contributed by atoms with Gasteiger partial charge in [0.15, 0.2) is 0 Å². The Morgan fingerprint density at radius 1 is 1.23 bits per heavy atom. The molecular formula is C18H23ClN4O3. The predicted molar refractivity (Wildman–Crippen MR) is 100 cm³/mol. The number of rotatable bonds is 4. The maximum Gasteiger partial charge on any atom is 0.408 e. The Morgan fingerprint density at radius 3 is 2.35 bits per heavy atom. The second-order valence-electron chi connectivity index (χ2n) is 6.91. The highest BCUT2D eigenvalue weighted by Gasteiger charge is 2.26. The number of amides is 2. The van der Waals surface area contributed by atoms with Crippen molar-refractivity contribution in [2.75, 3.05) is 5.32 Å². The maximum absolute atomic E-state index is 12.8. The number of halogens is 1. The van der Waals surface area contributed by atoms with Crippen molar-refractivity contribution in [1.82, 2.24) is 15.1 Å². The van der Waals surface area contributed by atoms with Crippen molar-refractivity contribution < 1.29 is 14.3 Å². The average molecular weight is 379 g/mol. The molecule has 1 aromatic carbocycles. The summed E-state index contributed by atoms with van der Waals surface area (Å²) in [6.07, 6.45) is -0.686. The Morgan fingerprint density at radius 2 is 1.85 bits per heavy atom. The molecule has 26 heavy (non-hydrogen) atoms. The molecule has 0 saturated heterocycles. The second-order valence-corrected chi connectivity index (χ2v) is 7.35. The first-order valence-corrected chi connectivity index (χ1v) is 8.49. The molecule has 1 atom stereocenters. The first-order valence-electron chi connectivity index (χ1n) is 8.11. The molecule has 0 radical (unpaired) electrons. The normalized spacial score (nSPS) is 12.4. The van der Waals surface area contributed by atoms with E-state index < -0.39 is 23.6 Å². The number of carbonyl (C=O) groups is 2. The smallest absolute Gasteiger partial charge is 0.408 e. The molecule has 0 aliphatic heterocycles. The minimum absolute atomic E-state index is 0.416. The molecule has 0 unspecified atom stereocenters. The van der Waals surface area contributed by atoms with Gasteiger partial charge in [-0.1, -0.05) is 23.7 Å². The molecule has 8 heteroatoms. The van der Waals surface area contributed by atoms with Crippen LogP contribution in [0, 0.1) is 6.92 Å². The monoisotopic (exact) mass is 378 g/mol. The molecule has 1 aromatic heterocycles. The Kier molecular flexibility index (Phi) is 5.92. The number of nitrogens with one attached hydrogen (secondary N) is 2. The van der Waals surface area contributed by atoms with Gasteiger partial charge in [0, 0.05) is 18.1 Å². The highest BCUT2D eigenvalue weighted by Crippen LogP contribution is 2.20. The highest BCUT2D eigenvalue weighted by atomic mass is 35.5. The van der Waals surface area contributed by atoms with Gasteiger partial charge in [-0.15, -0.1) is 0 Å². The van der Waals surface area contributed by atoms with Crippen LogP contribution in [-0.2, 0) is 16.6 Å². The van der Waals surface area contributed by atoms with E-state index in [2.05, 4.69) is 15.7 Å². The standard InChI is InChI=1S/C18H23ClN4O3/c1-11-10-14(23(5)22-11)20-16(24)15(12-6-8-13(19)9-7-12)21-17(25)26-18(2,3)4/h6-10,15H,1-5H3,(H,20,24)(H,21,25)/t15-/m1/s1. The Hall–Kier alpha value is -2.54. The SMILES string of the molecule is Cc1cc(NC(=O)[C@H](NC(=O)OC(C)(C)C)c2ccc(Cl)cc2)n(C)n1. The molecule has 2 N–H and O–H groups in total. The van der Waals surface area contributed by atoms with Gasteiger partial charge in [-0.3, -0.25) is 9.48 Å². The lowest BCUT2D eigenvalue weighted by atomic mass is 10.1. The van der Waals surface area contributed by atoms with Crippen molar-refractivity contribution in [1.29, 1.82) is 0 Å². The van der Waals surface area contributed by atoms with Gasteiger partial charge < -0.3 is 15.4 Å². The van der Waals surface area contributed by atoms with E-state index in [9.17, 15) is 9.59 Å². The van der Waals surface area contributed by atoms with E-state index in [0.717, 1.165) is 5.69 Å². The topological polar surface area (TPSA) is 85.3 Å². The van der Waals surface area contributed by atoms with E-state index >= 15 is 0 Å². The van der Waals surface area contributed by atoms with Gasteiger partial charge in [0.1, 0.15) is 17.5 Å². The third-order valence-electron chi connectivity index (χ3n) is 3.38. The van der Waals surface area contributed by atoms with Gasteiger partial charge in [0.25, 0.3) is 5.91 Å². The van der Waals surface area contributed by atoms with Gasteiger partial charge in [0.2, 0.25) is 0 Å². The number of ether oxygens (including phenoxy) is 1. The van der Waals surface area contributed by atoms with Crippen LogP contribution in [0.2, 0.25) is 5.02 Å². The first-order chi connectivity index (χ1) is 12.0.